The Morgan fingerprint density at radius 3 is 1.53 bits per heavy atom. The molecule has 0 amide bonds. The fourth-order valence-corrected chi connectivity index (χ4v) is 3.04. The van der Waals surface area contributed by atoms with Crippen molar-refractivity contribution in [2.75, 3.05) is 0 Å². The van der Waals surface area contributed by atoms with Crippen molar-refractivity contribution < 1.29 is 14.3 Å². The summed E-state index contributed by atoms with van der Waals surface area (Å²) < 4.78 is 5.50. The molecule has 0 fully saturated rings. The second kappa shape index (κ2) is 5.67. The summed E-state index contributed by atoms with van der Waals surface area (Å²) in [6.45, 7) is 0. The molecule has 0 heterocycles. The number of hydrogen-bond acceptors (Lipinski definition) is 3. The summed E-state index contributed by atoms with van der Waals surface area (Å²) in [6, 6.07) is 14.2. The van der Waals surface area contributed by atoms with Crippen LogP contribution in [-0.4, -0.2) is 29.7 Å². The van der Waals surface area contributed by atoms with Gasteiger partial charge in [0, 0.05) is 10.4 Å². The topological polar surface area (TPSA) is 49.7 Å². The lowest BCUT2D eigenvalue weighted by Gasteiger charge is -2.04. The first-order valence-corrected chi connectivity index (χ1v) is 6.83. The normalized spacial score (nSPS) is 10.4. The zero-order chi connectivity index (χ0) is 12.1. The molecule has 2 N–H and O–H groups in total. The summed E-state index contributed by atoms with van der Waals surface area (Å²) >= 11 is 0. The van der Waals surface area contributed by atoms with Gasteiger partial charge in [-0.25, -0.2) is 0 Å². The van der Waals surface area contributed by atoms with E-state index in [1.54, 1.807) is 24.3 Å². The van der Waals surface area contributed by atoms with E-state index in [4.69, 9.17) is 4.12 Å². The monoisotopic (exact) mass is 258 g/mol. The van der Waals surface area contributed by atoms with E-state index in [1.165, 1.54) is 0 Å². The lowest BCUT2D eigenvalue weighted by molar-refractivity contribution is 0.478. The Hall–Kier alpha value is -1.57. The van der Waals surface area contributed by atoms with Crippen LogP contribution in [0.15, 0.2) is 48.5 Å². The van der Waals surface area contributed by atoms with Gasteiger partial charge in [-0.15, -0.1) is 0 Å². The molecule has 0 aromatic heterocycles. The van der Waals surface area contributed by atoms with Crippen LogP contribution >= 0.6 is 0 Å². The SMILES string of the molecule is Oc1ccccc1[Si]O[Si]c1ccccc1O. The third kappa shape index (κ3) is 3.19. The fraction of sp³-hybridized carbons (Fsp3) is 0. The van der Waals surface area contributed by atoms with E-state index in [1.807, 2.05) is 24.3 Å². The van der Waals surface area contributed by atoms with Crippen LogP contribution < -0.4 is 10.4 Å². The summed E-state index contributed by atoms with van der Waals surface area (Å²) in [5, 5.41) is 20.6. The number of para-hydroxylation sites is 2. The van der Waals surface area contributed by atoms with Gasteiger partial charge in [-0.3, -0.25) is 0 Å². The minimum atomic E-state index is 0.0764. The molecule has 2 rings (SSSR count). The molecule has 2 aromatic rings. The van der Waals surface area contributed by atoms with Crippen molar-refractivity contribution in [3.05, 3.63) is 48.5 Å². The lowest BCUT2D eigenvalue weighted by atomic mass is 10.3. The predicted octanol–water partition coefficient (Wildman–Crippen LogP) is 0.304. The Labute approximate surface area is 105 Å². The minimum absolute atomic E-state index is 0.0764. The Balaban J connectivity index is 1.93. The molecule has 3 nitrogen and oxygen atoms in total. The van der Waals surface area contributed by atoms with Gasteiger partial charge in [-0.1, -0.05) is 36.4 Å². The summed E-state index contributed by atoms with van der Waals surface area (Å²) in [6.07, 6.45) is 0. The molecule has 17 heavy (non-hydrogen) atoms. The van der Waals surface area contributed by atoms with Crippen LogP contribution in [0.2, 0.25) is 0 Å². The smallest absolute Gasteiger partial charge is 0.260 e. The largest absolute Gasteiger partial charge is 0.508 e. The van der Waals surface area contributed by atoms with E-state index < -0.39 is 0 Å². The molecular weight excluding hydrogens is 248 g/mol. The van der Waals surface area contributed by atoms with E-state index in [-0.39, 0.29) is 31.0 Å². The van der Waals surface area contributed by atoms with Gasteiger partial charge in [0.1, 0.15) is 11.5 Å². The number of aromatic hydroxyl groups is 2. The number of phenolic OH excluding ortho intramolecular Hbond substituents is 2. The van der Waals surface area contributed by atoms with Crippen molar-refractivity contribution in [3.63, 3.8) is 0 Å². The first kappa shape index (κ1) is 11.9. The molecule has 0 bridgehead atoms. The highest BCUT2D eigenvalue weighted by molar-refractivity contribution is 6.61. The minimum Gasteiger partial charge on any atom is -0.508 e. The van der Waals surface area contributed by atoms with Crippen molar-refractivity contribution in [2.45, 2.75) is 0 Å². The summed E-state index contributed by atoms with van der Waals surface area (Å²) in [7, 11) is 0.153. The highest BCUT2D eigenvalue weighted by Crippen LogP contribution is 2.03. The Kier molecular flexibility index (Phi) is 3.97. The lowest BCUT2D eigenvalue weighted by Crippen LogP contribution is -2.25. The van der Waals surface area contributed by atoms with Gasteiger partial charge in [-0.2, -0.15) is 0 Å². The highest BCUT2D eigenvalue weighted by atomic mass is 28.3. The molecule has 0 spiro atoms. The zero-order valence-electron chi connectivity index (χ0n) is 8.92. The van der Waals surface area contributed by atoms with Gasteiger partial charge < -0.3 is 14.3 Å². The summed E-state index contributed by atoms with van der Waals surface area (Å²) in [5.41, 5.74) is 0. The van der Waals surface area contributed by atoms with Gasteiger partial charge in [0.15, 0.2) is 0 Å². The molecule has 0 aliphatic carbocycles. The number of benzene rings is 2. The Bertz CT molecular complexity index is 457. The molecule has 0 saturated heterocycles. The standard InChI is InChI=1S/C12H10O3Si2/c13-9-5-1-3-7-11(9)16-15-17-12-8-4-2-6-10(12)14/h1-8,13-14H. The van der Waals surface area contributed by atoms with Crippen LogP contribution in [0.3, 0.4) is 0 Å². The maximum Gasteiger partial charge on any atom is 0.260 e. The van der Waals surface area contributed by atoms with Crippen molar-refractivity contribution in [1.82, 2.24) is 0 Å². The fourth-order valence-electron chi connectivity index (χ4n) is 1.26. The first-order valence-electron chi connectivity index (χ1n) is 5.01. The number of hydrogen-bond donors (Lipinski definition) is 2. The quantitative estimate of drug-likeness (QED) is 0.776. The second-order valence-electron chi connectivity index (χ2n) is 3.34. The molecule has 2 aromatic carbocycles. The second-order valence-corrected chi connectivity index (χ2v) is 5.64. The molecule has 0 aliphatic heterocycles. The predicted molar refractivity (Wildman–Crippen MR) is 68.1 cm³/mol. The van der Waals surface area contributed by atoms with Crippen LogP contribution in [0.5, 0.6) is 11.5 Å². The van der Waals surface area contributed by atoms with E-state index in [0.717, 1.165) is 10.4 Å². The highest BCUT2D eigenvalue weighted by Gasteiger charge is 2.06. The summed E-state index contributed by atoms with van der Waals surface area (Å²) in [4.78, 5) is 0. The van der Waals surface area contributed by atoms with E-state index in [9.17, 15) is 10.2 Å². The maximum absolute atomic E-state index is 9.54. The molecule has 5 heteroatoms. The van der Waals surface area contributed by atoms with Crippen molar-refractivity contribution in [3.8, 4) is 11.5 Å². The molecule has 0 saturated carbocycles. The van der Waals surface area contributed by atoms with Crippen LogP contribution in [0.1, 0.15) is 0 Å². The van der Waals surface area contributed by atoms with Gasteiger partial charge in [0.2, 0.25) is 0 Å². The van der Waals surface area contributed by atoms with Crippen molar-refractivity contribution in [2.24, 2.45) is 0 Å². The van der Waals surface area contributed by atoms with Crippen LogP contribution in [0.4, 0.5) is 0 Å². The van der Waals surface area contributed by atoms with Gasteiger partial charge >= 0.3 is 0 Å². The Morgan fingerprint density at radius 1 is 0.706 bits per heavy atom. The molecule has 0 unspecified atom stereocenters. The molecule has 0 aliphatic rings. The molecule has 84 valence electrons. The van der Waals surface area contributed by atoms with Crippen molar-refractivity contribution >= 4 is 29.9 Å². The maximum atomic E-state index is 9.54. The summed E-state index contributed by atoms with van der Waals surface area (Å²) in [5.74, 6) is 0.487. The average Bonchev–Trinajstić information content (AvgIpc) is 2.34. The van der Waals surface area contributed by atoms with Crippen LogP contribution in [0.25, 0.3) is 0 Å². The van der Waals surface area contributed by atoms with Crippen molar-refractivity contribution in [1.29, 1.82) is 0 Å². The third-order valence-electron chi connectivity index (χ3n) is 2.13. The third-order valence-corrected chi connectivity index (χ3v) is 4.23. The van der Waals surface area contributed by atoms with E-state index in [0.29, 0.717) is 0 Å². The van der Waals surface area contributed by atoms with E-state index in [2.05, 4.69) is 0 Å². The molecule has 0 atom stereocenters. The zero-order valence-corrected chi connectivity index (χ0v) is 10.9. The van der Waals surface area contributed by atoms with Gasteiger partial charge in [0.05, 0.1) is 0 Å². The average molecular weight is 258 g/mol. The number of phenols is 2. The first-order chi connectivity index (χ1) is 8.27. The van der Waals surface area contributed by atoms with Crippen LogP contribution in [-0.2, 0) is 4.12 Å². The number of rotatable bonds is 4. The van der Waals surface area contributed by atoms with Gasteiger partial charge in [-0.05, 0) is 12.1 Å². The van der Waals surface area contributed by atoms with Gasteiger partial charge in [0.25, 0.3) is 19.5 Å². The van der Waals surface area contributed by atoms with Crippen LogP contribution in [0, 0.1) is 0 Å². The molecular formula is C12H10O3Si2. The Morgan fingerprint density at radius 2 is 1.12 bits per heavy atom. The van der Waals surface area contributed by atoms with E-state index >= 15 is 0 Å². The molecule has 4 radical (unpaired) electrons.